The van der Waals surface area contributed by atoms with Crippen LogP contribution in [0.2, 0.25) is 0 Å². The van der Waals surface area contributed by atoms with Crippen LogP contribution in [0.5, 0.6) is 0 Å². The monoisotopic (exact) mass is 267 g/mol. The Labute approximate surface area is 110 Å². The smallest absolute Gasteiger partial charge is 0.254 e. The van der Waals surface area contributed by atoms with Gasteiger partial charge in [0, 0.05) is 13.7 Å². The van der Waals surface area contributed by atoms with Crippen molar-refractivity contribution in [1.82, 2.24) is 9.78 Å². The quantitative estimate of drug-likeness (QED) is 0.305. The van der Waals surface area contributed by atoms with Crippen LogP contribution in [0.4, 0.5) is 5.82 Å². The molecule has 0 aliphatic carbocycles. The summed E-state index contributed by atoms with van der Waals surface area (Å²) in [7, 11) is 1.66. The van der Waals surface area contributed by atoms with Gasteiger partial charge < -0.3 is 21.0 Å². The van der Waals surface area contributed by atoms with Crippen molar-refractivity contribution in [3.8, 4) is 0 Å². The summed E-state index contributed by atoms with van der Waals surface area (Å²) < 4.78 is 6.84. The van der Waals surface area contributed by atoms with Gasteiger partial charge in [0.15, 0.2) is 5.84 Å². The Morgan fingerprint density at radius 3 is 3.05 bits per heavy atom. The van der Waals surface area contributed by atoms with Crippen molar-refractivity contribution in [2.24, 2.45) is 23.9 Å². The number of nitrogens with one attached hydrogen (secondary N) is 1. The van der Waals surface area contributed by atoms with E-state index in [-0.39, 0.29) is 17.7 Å². The summed E-state index contributed by atoms with van der Waals surface area (Å²) in [5.41, 5.74) is 5.89. The maximum Gasteiger partial charge on any atom is 0.254 e. The highest BCUT2D eigenvalue weighted by molar-refractivity contribution is 6.05. The second-order valence-electron chi connectivity index (χ2n) is 4.56. The van der Waals surface area contributed by atoms with E-state index in [1.165, 1.54) is 10.9 Å². The lowest BCUT2D eigenvalue weighted by Crippen LogP contribution is -2.32. The topological polar surface area (TPSA) is 115 Å². The van der Waals surface area contributed by atoms with Gasteiger partial charge in [-0.3, -0.25) is 9.48 Å². The van der Waals surface area contributed by atoms with Gasteiger partial charge >= 0.3 is 0 Å². The molecule has 1 amide bonds. The Morgan fingerprint density at radius 1 is 1.74 bits per heavy atom. The Balaban J connectivity index is 2.19. The van der Waals surface area contributed by atoms with Crippen LogP contribution in [0.25, 0.3) is 0 Å². The molecule has 2 atom stereocenters. The molecule has 0 spiro atoms. The van der Waals surface area contributed by atoms with E-state index >= 15 is 0 Å². The minimum absolute atomic E-state index is 0.108. The number of amidine groups is 1. The summed E-state index contributed by atoms with van der Waals surface area (Å²) in [5, 5.41) is 18.3. The van der Waals surface area contributed by atoms with Crippen LogP contribution in [0.1, 0.15) is 18.9 Å². The third kappa shape index (κ3) is 2.53. The van der Waals surface area contributed by atoms with Gasteiger partial charge in [-0.05, 0) is 12.3 Å². The second-order valence-corrected chi connectivity index (χ2v) is 4.56. The second kappa shape index (κ2) is 5.27. The molecule has 1 aliphatic heterocycles. The van der Waals surface area contributed by atoms with Crippen molar-refractivity contribution in [3.63, 3.8) is 0 Å². The maximum absolute atomic E-state index is 12.1. The molecule has 2 heterocycles. The number of hydrogen-bond donors (Lipinski definition) is 3. The number of carbonyl (C=O) groups excluding carboxylic acids is 1. The van der Waals surface area contributed by atoms with Crippen molar-refractivity contribution in [2.75, 3.05) is 11.9 Å². The molecule has 104 valence electrons. The molecule has 0 saturated carbocycles. The van der Waals surface area contributed by atoms with Crippen molar-refractivity contribution in [2.45, 2.75) is 19.4 Å². The molecule has 2 unspecified atom stereocenters. The third-order valence-electron chi connectivity index (χ3n) is 3.21. The van der Waals surface area contributed by atoms with Crippen molar-refractivity contribution >= 4 is 17.6 Å². The number of aryl methyl sites for hydroxylation is 1. The van der Waals surface area contributed by atoms with Gasteiger partial charge in [0.25, 0.3) is 5.91 Å². The van der Waals surface area contributed by atoms with Gasteiger partial charge in [0.05, 0.1) is 11.8 Å². The Kier molecular flexibility index (Phi) is 3.70. The van der Waals surface area contributed by atoms with Crippen molar-refractivity contribution < 1.29 is 14.7 Å². The van der Waals surface area contributed by atoms with Gasteiger partial charge in [0.1, 0.15) is 11.9 Å². The van der Waals surface area contributed by atoms with Crippen LogP contribution in [0.15, 0.2) is 11.4 Å². The molecule has 1 fully saturated rings. The molecule has 1 aliphatic rings. The van der Waals surface area contributed by atoms with Crippen molar-refractivity contribution in [3.05, 3.63) is 11.8 Å². The fourth-order valence-electron chi connectivity index (χ4n) is 2.05. The first-order valence-electron chi connectivity index (χ1n) is 5.97. The molecule has 1 aromatic rings. The normalized spacial score (nSPS) is 23.6. The fraction of sp³-hybridized carbons (Fsp3) is 0.545. The number of ether oxygens (including phenoxy) is 1. The Hall–Kier alpha value is -2.09. The van der Waals surface area contributed by atoms with E-state index in [1.807, 2.05) is 6.92 Å². The number of hydrogen-bond acceptors (Lipinski definition) is 5. The number of aromatic nitrogens is 2. The van der Waals surface area contributed by atoms with E-state index < -0.39 is 6.10 Å². The maximum atomic E-state index is 12.1. The van der Waals surface area contributed by atoms with E-state index in [0.29, 0.717) is 18.0 Å². The zero-order chi connectivity index (χ0) is 14.0. The molecule has 1 aromatic heterocycles. The lowest BCUT2D eigenvalue weighted by molar-refractivity contribution is -0.126. The molecule has 1 saturated heterocycles. The van der Waals surface area contributed by atoms with Gasteiger partial charge in [-0.2, -0.15) is 5.10 Å². The minimum Gasteiger partial charge on any atom is -0.409 e. The van der Waals surface area contributed by atoms with Crippen LogP contribution in [0, 0.1) is 5.92 Å². The highest BCUT2D eigenvalue weighted by Crippen LogP contribution is 2.22. The Bertz CT molecular complexity index is 510. The number of nitrogens with zero attached hydrogens (tertiary/aromatic N) is 3. The van der Waals surface area contributed by atoms with Gasteiger partial charge in [-0.1, -0.05) is 12.1 Å². The summed E-state index contributed by atoms with van der Waals surface area (Å²) in [6, 6.07) is 0. The van der Waals surface area contributed by atoms with Crippen LogP contribution in [-0.4, -0.2) is 39.4 Å². The summed E-state index contributed by atoms with van der Waals surface area (Å²) in [4.78, 5) is 12.1. The van der Waals surface area contributed by atoms with Crippen LogP contribution < -0.4 is 11.1 Å². The first-order chi connectivity index (χ1) is 9.04. The molecule has 4 N–H and O–H groups in total. The fourth-order valence-corrected chi connectivity index (χ4v) is 2.05. The Morgan fingerprint density at radius 2 is 2.47 bits per heavy atom. The number of nitrogens with two attached hydrogens (primary N) is 1. The predicted octanol–water partition coefficient (Wildman–Crippen LogP) is -0.122. The lowest BCUT2D eigenvalue weighted by atomic mass is 10.0. The first-order valence-corrected chi connectivity index (χ1v) is 5.97. The number of rotatable bonds is 3. The molecule has 2 rings (SSSR count). The average molecular weight is 267 g/mol. The van der Waals surface area contributed by atoms with Crippen LogP contribution >= 0.6 is 0 Å². The predicted molar refractivity (Wildman–Crippen MR) is 67.9 cm³/mol. The number of anilines is 1. The molecule has 8 nitrogen and oxygen atoms in total. The number of carbonyl (C=O) groups is 1. The van der Waals surface area contributed by atoms with Gasteiger partial charge in [0.2, 0.25) is 0 Å². The van der Waals surface area contributed by atoms with E-state index in [0.717, 1.165) is 6.42 Å². The van der Waals surface area contributed by atoms with E-state index in [2.05, 4.69) is 15.6 Å². The van der Waals surface area contributed by atoms with Crippen molar-refractivity contribution in [1.29, 1.82) is 0 Å². The average Bonchev–Trinajstić information content (AvgIpc) is 2.96. The molecule has 0 radical (unpaired) electrons. The van der Waals surface area contributed by atoms with Crippen LogP contribution in [-0.2, 0) is 16.6 Å². The largest absolute Gasteiger partial charge is 0.409 e. The first kappa shape index (κ1) is 13.3. The molecular formula is C11H17N5O3. The summed E-state index contributed by atoms with van der Waals surface area (Å²) in [6.45, 7) is 2.54. The zero-order valence-corrected chi connectivity index (χ0v) is 10.8. The molecule has 0 aromatic carbocycles. The molecule has 8 heteroatoms. The molecule has 19 heavy (non-hydrogen) atoms. The standard InChI is InChI=1S/C11H17N5O3/c1-6-3-4-19-8(6)11(17)14-10-7(9(12)15-18)5-13-16(10)2/h5-6,8,18H,3-4H2,1-2H3,(H2,12,15)(H,14,17). The summed E-state index contributed by atoms with van der Waals surface area (Å²) in [5.74, 6) is 0.188. The van der Waals surface area contributed by atoms with E-state index in [4.69, 9.17) is 15.7 Å². The third-order valence-corrected chi connectivity index (χ3v) is 3.21. The molecule has 0 bridgehead atoms. The summed E-state index contributed by atoms with van der Waals surface area (Å²) >= 11 is 0. The van der Waals surface area contributed by atoms with Gasteiger partial charge in [-0.25, -0.2) is 0 Å². The SMILES string of the molecule is CC1CCOC1C(=O)Nc1c(C(N)=NO)cnn1C. The number of amides is 1. The molecular weight excluding hydrogens is 250 g/mol. The minimum atomic E-state index is -0.477. The van der Waals surface area contributed by atoms with Crippen LogP contribution in [0.3, 0.4) is 0 Å². The highest BCUT2D eigenvalue weighted by atomic mass is 16.5. The lowest BCUT2D eigenvalue weighted by Gasteiger charge is -2.15. The van der Waals surface area contributed by atoms with E-state index in [9.17, 15) is 4.79 Å². The zero-order valence-electron chi connectivity index (χ0n) is 10.8. The highest BCUT2D eigenvalue weighted by Gasteiger charge is 2.31. The number of oxime groups is 1. The van der Waals surface area contributed by atoms with Gasteiger partial charge in [-0.15, -0.1) is 0 Å². The summed E-state index contributed by atoms with van der Waals surface area (Å²) in [6.07, 6.45) is 1.80. The van der Waals surface area contributed by atoms with E-state index in [1.54, 1.807) is 7.05 Å².